The van der Waals surface area contributed by atoms with Gasteiger partial charge in [0, 0.05) is 44.3 Å². The van der Waals surface area contributed by atoms with E-state index in [0.29, 0.717) is 42.2 Å². The highest BCUT2D eigenvalue weighted by molar-refractivity contribution is 5.99. The fraction of sp³-hybridized carbons (Fsp3) is 0.462. The van der Waals surface area contributed by atoms with Crippen LogP contribution in [-0.4, -0.2) is 61.8 Å². The Morgan fingerprint density at radius 1 is 1.21 bits per heavy atom. The normalized spacial score (nSPS) is 11.7. The fourth-order valence-electron chi connectivity index (χ4n) is 3.72. The summed E-state index contributed by atoms with van der Waals surface area (Å²) in [6.45, 7) is 10.8. The lowest BCUT2D eigenvalue weighted by Gasteiger charge is -2.19. The van der Waals surface area contributed by atoms with Crippen LogP contribution in [-0.2, 0) is 17.8 Å². The third-order valence-corrected chi connectivity index (χ3v) is 5.31. The number of nitrogens with zero attached hydrogens (tertiary/aromatic N) is 4. The Labute approximate surface area is 221 Å². The zero-order chi connectivity index (χ0) is 27.9. The lowest BCUT2D eigenvalue weighted by Crippen LogP contribution is -2.32. The molecule has 3 rings (SSSR count). The third-order valence-electron chi connectivity index (χ3n) is 5.31. The van der Waals surface area contributed by atoms with Gasteiger partial charge in [0.05, 0.1) is 17.8 Å². The number of primary amides is 1. The van der Waals surface area contributed by atoms with E-state index < -0.39 is 17.6 Å². The Morgan fingerprint density at radius 3 is 2.63 bits per heavy atom. The monoisotopic (exact) mass is 527 g/mol. The number of nitrogens with one attached hydrogen (secondary N) is 2. The number of fused-ring (bicyclic) bond motifs is 1. The van der Waals surface area contributed by atoms with Crippen LogP contribution in [0.2, 0.25) is 0 Å². The summed E-state index contributed by atoms with van der Waals surface area (Å²) in [5.74, 6) is 1.09. The molecule has 0 spiro atoms. The number of carbonyl (C=O) groups is 2. The van der Waals surface area contributed by atoms with Crippen molar-refractivity contribution in [3.63, 3.8) is 0 Å². The van der Waals surface area contributed by atoms with E-state index in [2.05, 4.69) is 15.7 Å². The maximum Gasteiger partial charge on any atom is 0.407 e. The quantitative estimate of drug-likeness (QED) is 0.206. The van der Waals surface area contributed by atoms with Crippen molar-refractivity contribution in [2.24, 2.45) is 5.73 Å². The first-order valence-electron chi connectivity index (χ1n) is 12.5. The number of imidazole rings is 1. The van der Waals surface area contributed by atoms with E-state index in [1.807, 2.05) is 41.3 Å². The highest BCUT2D eigenvalue weighted by atomic mass is 16.6. The number of amides is 2. The van der Waals surface area contributed by atoms with Crippen LogP contribution in [0, 0.1) is 6.92 Å². The number of ether oxygens (including phenoxy) is 2. The molecule has 0 radical (unpaired) electrons. The number of anilines is 2. The van der Waals surface area contributed by atoms with Crippen molar-refractivity contribution >= 4 is 34.8 Å². The summed E-state index contributed by atoms with van der Waals surface area (Å²) in [5, 5.41) is 19.7. The second-order valence-corrected chi connectivity index (χ2v) is 9.64. The summed E-state index contributed by atoms with van der Waals surface area (Å²) < 4.78 is 14.9. The second kappa shape index (κ2) is 12.5. The predicted octanol–water partition coefficient (Wildman–Crippen LogP) is 3.25. The number of carbonyl (C=O) groups excluding carboxylic acids is 2. The van der Waals surface area contributed by atoms with Crippen LogP contribution in [0.15, 0.2) is 30.4 Å². The zero-order valence-corrected chi connectivity index (χ0v) is 22.6. The standard InChI is InChI=1S/C26H37N7O5/c1-6-33-21(14-17(2)31-33)30-24-29-19-15-18(23(27)35)16-20(37-13-9-12-34)22(19)32(24)11-8-7-10-28-25(36)38-26(3,4)5/h7-8,14-16,34H,6,9-13H2,1-5H3,(H2,27,35)(H,28,36)(H,29,30)/b8-7+. The van der Waals surface area contributed by atoms with Gasteiger partial charge in [0.25, 0.3) is 0 Å². The van der Waals surface area contributed by atoms with Gasteiger partial charge in [0.2, 0.25) is 11.9 Å². The molecule has 0 atom stereocenters. The van der Waals surface area contributed by atoms with Crippen molar-refractivity contribution in [2.75, 3.05) is 25.1 Å². The van der Waals surface area contributed by atoms with E-state index >= 15 is 0 Å². The molecule has 3 aromatic rings. The van der Waals surface area contributed by atoms with Gasteiger partial charge >= 0.3 is 6.09 Å². The maximum absolute atomic E-state index is 12.0. The van der Waals surface area contributed by atoms with Crippen molar-refractivity contribution in [3.8, 4) is 5.75 Å². The summed E-state index contributed by atoms with van der Waals surface area (Å²) in [6.07, 6.45) is 3.61. The molecular formula is C26H37N7O5. The number of hydrogen-bond donors (Lipinski definition) is 4. The van der Waals surface area contributed by atoms with Crippen molar-refractivity contribution in [1.82, 2.24) is 24.6 Å². The topological polar surface area (TPSA) is 159 Å². The fourth-order valence-corrected chi connectivity index (χ4v) is 3.72. The molecule has 0 unspecified atom stereocenters. The van der Waals surface area contributed by atoms with Gasteiger partial charge in [0.1, 0.15) is 22.7 Å². The van der Waals surface area contributed by atoms with Gasteiger partial charge in [-0.05, 0) is 46.8 Å². The lowest BCUT2D eigenvalue weighted by molar-refractivity contribution is 0.0534. The van der Waals surface area contributed by atoms with Crippen molar-refractivity contribution in [3.05, 3.63) is 41.6 Å². The molecule has 12 nitrogen and oxygen atoms in total. The molecule has 0 aliphatic heterocycles. The van der Waals surface area contributed by atoms with Gasteiger partial charge in [-0.15, -0.1) is 0 Å². The Hall–Kier alpha value is -4.06. The molecule has 0 aliphatic rings. The molecule has 12 heteroatoms. The first-order chi connectivity index (χ1) is 18.0. The van der Waals surface area contributed by atoms with Gasteiger partial charge in [-0.1, -0.05) is 12.2 Å². The molecule has 0 fully saturated rings. The van der Waals surface area contributed by atoms with E-state index in [4.69, 9.17) is 20.2 Å². The van der Waals surface area contributed by atoms with Crippen LogP contribution in [0.4, 0.5) is 16.6 Å². The number of nitrogens with two attached hydrogens (primary N) is 1. The van der Waals surface area contributed by atoms with Crippen molar-refractivity contribution in [2.45, 2.75) is 59.7 Å². The second-order valence-electron chi connectivity index (χ2n) is 9.64. The molecule has 2 heterocycles. The van der Waals surface area contributed by atoms with Crippen LogP contribution in [0.1, 0.15) is 50.2 Å². The zero-order valence-electron chi connectivity index (χ0n) is 22.6. The minimum absolute atomic E-state index is 0.0293. The number of aromatic nitrogens is 4. The predicted molar refractivity (Wildman–Crippen MR) is 145 cm³/mol. The third kappa shape index (κ3) is 7.48. The molecule has 5 N–H and O–H groups in total. The highest BCUT2D eigenvalue weighted by Gasteiger charge is 2.19. The maximum atomic E-state index is 12.0. The van der Waals surface area contributed by atoms with Crippen molar-refractivity contribution in [1.29, 1.82) is 0 Å². The van der Waals surface area contributed by atoms with Crippen LogP contribution < -0.4 is 21.1 Å². The van der Waals surface area contributed by atoms with Gasteiger partial charge in [-0.25, -0.2) is 14.5 Å². The number of hydrogen-bond acceptors (Lipinski definition) is 8. The molecule has 2 amide bonds. The largest absolute Gasteiger partial charge is 0.491 e. The first kappa shape index (κ1) is 28.5. The summed E-state index contributed by atoms with van der Waals surface area (Å²) in [7, 11) is 0. The molecule has 206 valence electrons. The Kier molecular flexibility index (Phi) is 9.35. The molecular weight excluding hydrogens is 490 g/mol. The molecule has 38 heavy (non-hydrogen) atoms. The Morgan fingerprint density at radius 2 is 1.97 bits per heavy atom. The summed E-state index contributed by atoms with van der Waals surface area (Å²) in [4.78, 5) is 28.7. The molecule has 2 aromatic heterocycles. The van der Waals surface area contributed by atoms with Gasteiger partial charge in [-0.3, -0.25) is 4.79 Å². The average molecular weight is 528 g/mol. The number of aliphatic hydroxyl groups excluding tert-OH is 1. The van der Waals surface area contributed by atoms with Crippen molar-refractivity contribution < 1.29 is 24.2 Å². The number of benzene rings is 1. The van der Waals surface area contributed by atoms with Gasteiger partial charge < -0.3 is 35.5 Å². The number of alkyl carbamates (subject to hydrolysis) is 1. The van der Waals surface area contributed by atoms with Crippen LogP contribution in [0.3, 0.4) is 0 Å². The average Bonchev–Trinajstić information content (AvgIpc) is 3.36. The number of rotatable bonds is 12. The van der Waals surface area contributed by atoms with Crippen LogP contribution >= 0.6 is 0 Å². The Balaban J connectivity index is 1.97. The minimum Gasteiger partial charge on any atom is -0.491 e. The summed E-state index contributed by atoms with van der Waals surface area (Å²) >= 11 is 0. The lowest BCUT2D eigenvalue weighted by atomic mass is 10.1. The molecule has 0 saturated heterocycles. The summed E-state index contributed by atoms with van der Waals surface area (Å²) in [5.41, 5.74) is 7.27. The van der Waals surface area contributed by atoms with Crippen LogP contribution in [0.5, 0.6) is 5.75 Å². The van der Waals surface area contributed by atoms with E-state index in [-0.39, 0.29) is 25.3 Å². The molecule has 1 aromatic carbocycles. The number of aryl methyl sites for hydroxylation is 2. The van der Waals surface area contributed by atoms with E-state index in [9.17, 15) is 14.7 Å². The highest BCUT2D eigenvalue weighted by Crippen LogP contribution is 2.32. The Bertz CT molecular complexity index is 1300. The first-order valence-corrected chi connectivity index (χ1v) is 12.5. The van der Waals surface area contributed by atoms with E-state index in [0.717, 1.165) is 11.5 Å². The number of allylic oxidation sites excluding steroid dienone is 1. The van der Waals surface area contributed by atoms with E-state index in [1.165, 1.54) is 0 Å². The smallest absolute Gasteiger partial charge is 0.407 e. The molecule has 0 bridgehead atoms. The summed E-state index contributed by atoms with van der Waals surface area (Å²) in [6, 6.07) is 5.12. The molecule has 0 saturated carbocycles. The SMILES string of the molecule is CCn1nc(C)cc1Nc1nc2cc(C(N)=O)cc(OCCCO)c2n1C/C=C/CNC(=O)OC(C)(C)C. The van der Waals surface area contributed by atoms with Gasteiger partial charge in [-0.2, -0.15) is 5.10 Å². The molecule has 0 aliphatic carbocycles. The number of aliphatic hydroxyl groups is 1. The van der Waals surface area contributed by atoms with E-state index in [1.54, 1.807) is 32.9 Å². The minimum atomic E-state index is -0.601. The van der Waals surface area contributed by atoms with Gasteiger partial charge in [0.15, 0.2) is 0 Å². The van der Waals surface area contributed by atoms with Crippen LogP contribution in [0.25, 0.3) is 11.0 Å².